The fourth-order valence-electron chi connectivity index (χ4n) is 0.837. The largest absolute Gasteiger partial charge is 0.214 e. The van der Waals surface area contributed by atoms with Crippen molar-refractivity contribution >= 4 is 21.5 Å². The molecule has 0 bridgehead atoms. The van der Waals surface area contributed by atoms with Crippen molar-refractivity contribution in [3.63, 3.8) is 0 Å². The van der Waals surface area contributed by atoms with Gasteiger partial charge in [-0.15, -0.1) is 0 Å². The second kappa shape index (κ2) is 12.6. The van der Waals surface area contributed by atoms with Crippen LogP contribution in [0.4, 0.5) is 0 Å². The molecule has 0 radical (unpaired) electrons. The Bertz CT molecular complexity index is 293. The third-order valence-electron chi connectivity index (χ3n) is 1.47. The van der Waals surface area contributed by atoms with E-state index in [-0.39, 0.29) is 0 Å². The standard InChI is InChI=1S/2C5H5.C2H6BN.2ClH.Zr/c2*1-2-4-5-3-1;1-4(2)3;;;/h2*1-5H;1-2H3;2*1H;/q2*-1;;;;+2/p-2. The van der Waals surface area contributed by atoms with Gasteiger partial charge in [-0.2, -0.15) is 36.4 Å². The number of halogens is 2. The Kier molecular flexibility index (Phi) is 12.8. The van der Waals surface area contributed by atoms with Gasteiger partial charge < -0.3 is 0 Å². The fraction of sp³-hybridized carbons (Fsp3) is 0.167. The fourth-order valence-corrected chi connectivity index (χ4v) is 4.11. The second-order valence-corrected chi connectivity index (χ2v) is 11.3. The van der Waals surface area contributed by atoms with Gasteiger partial charge in [0.15, 0.2) is 0 Å². The summed E-state index contributed by atoms with van der Waals surface area (Å²) < 4.78 is 1.89. The molecule has 0 aliphatic heterocycles. The average Bonchev–Trinajstić information content (AvgIpc) is 2.96. The van der Waals surface area contributed by atoms with Crippen LogP contribution in [0.2, 0.25) is 0 Å². The number of hydrogen-bond donors (Lipinski definition) is 0. The molecule has 17 heavy (non-hydrogen) atoms. The van der Waals surface area contributed by atoms with Crippen LogP contribution >= 0.6 is 17.0 Å². The van der Waals surface area contributed by atoms with Crippen molar-refractivity contribution < 1.29 is 18.6 Å². The first-order valence-electron chi connectivity index (χ1n) is 5.15. The van der Waals surface area contributed by atoms with Crippen LogP contribution in [-0.4, -0.2) is 23.4 Å². The van der Waals surface area contributed by atoms with E-state index >= 15 is 0 Å². The molecule has 2 aromatic carbocycles. The predicted octanol–water partition coefficient (Wildman–Crippen LogP) is 3.82. The summed E-state index contributed by atoms with van der Waals surface area (Å²) in [6.45, 7) is 0. The molecule has 0 aliphatic carbocycles. The van der Waals surface area contributed by atoms with Crippen LogP contribution in [0.15, 0.2) is 60.7 Å². The Labute approximate surface area is 119 Å². The topological polar surface area (TPSA) is 3.24 Å². The molecular weight excluding hydrogens is 331 g/mol. The van der Waals surface area contributed by atoms with Crippen LogP contribution in [-0.2, 0) is 18.6 Å². The smallest absolute Gasteiger partial charge is 0.172 e. The SMILES string of the molecule is CN(C)[B]=[Zr]([Cl])[Cl].c1cc[cH-]c1.c1cc[cH-]c1. The van der Waals surface area contributed by atoms with Crippen LogP contribution < -0.4 is 0 Å². The van der Waals surface area contributed by atoms with Gasteiger partial charge in [0.2, 0.25) is 0 Å². The molecule has 2 rings (SSSR count). The van der Waals surface area contributed by atoms with Gasteiger partial charge >= 0.3 is 59.1 Å². The van der Waals surface area contributed by atoms with Crippen LogP contribution in [0.3, 0.4) is 0 Å². The molecule has 2 aromatic rings. The van der Waals surface area contributed by atoms with Crippen LogP contribution in [0.25, 0.3) is 0 Å². The third kappa shape index (κ3) is 16.2. The van der Waals surface area contributed by atoms with E-state index in [0.29, 0.717) is 0 Å². The van der Waals surface area contributed by atoms with Crippen molar-refractivity contribution in [2.45, 2.75) is 0 Å². The van der Waals surface area contributed by atoms with Crippen molar-refractivity contribution in [2.24, 2.45) is 0 Å². The Morgan fingerprint density at radius 2 is 1.24 bits per heavy atom. The van der Waals surface area contributed by atoms with Crippen molar-refractivity contribution in [1.29, 1.82) is 0 Å². The van der Waals surface area contributed by atoms with Crippen molar-refractivity contribution in [3.8, 4) is 0 Å². The van der Waals surface area contributed by atoms with Gasteiger partial charge in [0.1, 0.15) is 0 Å². The van der Waals surface area contributed by atoms with Gasteiger partial charge in [0.05, 0.1) is 0 Å². The average molecular weight is 347 g/mol. The number of nitrogens with zero attached hydrogens (tertiary/aromatic N) is 1. The summed E-state index contributed by atoms with van der Waals surface area (Å²) in [6, 6.07) is 20.0. The first-order valence-corrected chi connectivity index (χ1v) is 12.9. The Morgan fingerprint density at radius 1 is 0.882 bits per heavy atom. The minimum absolute atomic E-state index is 1.89. The summed E-state index contributed by atoms with van der Waals surface area (Å²) in [7, 11) is 14.9. The van der Waals surface area contributed by atoms with Crippen molar-refractivity contribution in [2.75, 3.05) is 14.1 Å². The third-order valence-corrected chi connectivity index (χ3v) is 4.37. The maximum atomic E-state index is 5.54. The molecule has 0 saturated carbocycles. The number of rotatable bonds is 1. The molecule has 0 saturated heterocycles. The molecular formula is C12H16BCl2NZr-2. The quantitative estimate of drug-likeness (QED) is 0.560. The normalized spacial score (nSPS) is 8.29. The minimum Gasteiger partial charge on any atom is -0.214 e. The molecule has 0 heterocycles. The molecule has 5 heteroatoms. The summed E-state index contributed by atoms with van der Waals surface area (Å²) in [5, 5.41) is 0. The maximum Gasteiger partial charge on any atom is -0.172 e. The van der Waals surface area contributed by atoms with Gasteiger partial charge in [-0.25, -0.2) is 24.3 Å². The summed E-state index contributed by atoms with van der Waals surface area (Å²) in [6.07, 6.45) is 0. The Morgan fingerprint density at radius 3 is 1.29 bits per heavy atom. The van der Waals surface area contributed by atoms with Gasteiger partial charge in [0.25, 0.3) is 0 Å². The van der Waals surface area contributed by atoms with E-state index in [1.165, 1.54) is 0 Å². The van der Waals surface area contributed by atoms with E-state index in [2.05, 4.69) is 0 Å². The summed E-state index contributed by atoms with van der Waals surface area (Å²) in [5.41, 5.74) is 0. The zero-order valence-electron chi connectivity index (χ0n) is 10.1. The first kappa shape index (κ1) is 17.2. The molecule has 0 aromatic heterocycles. The van der Waals surface area contributed by atoms with Crippen LogP contribution in [0, 0.1) is 0 Å². The Hall–Kier alpha value is 0.188. The molecule has 0 amide bonds. The maximum absolute atomic E-state index is 5.54. The summed E-state index contributed by atoms with van der Waals surface area (Å²) in [5.74, 6) is 0. The molecule has 0 atom stereocenters. The van der Waals surface area contributed by atoms with Gasteiger partial charge in [0, 0.05) is 0 Å². The molecule has 0 spiro atoms. The van der Waals surface area contributed by atoms with Crippen LogP contribution in [0.1, 0.15) is 0 Å². The van der Waals surface area contributed by atoms with E-state index in [1.807, 2.05) is 84.1 Å². The summed E-state index contributed by atoms with van der Waals surface area (Å²) >= 11 is -1.94. The molecule has 0 unspecified atom stereocenters. The van der Waals surface area contributed by atoms with Gasteiger partial charge in [-0.3, -0.25) is 0 Å². The monoisotopic (exact) mass is 345 g/mol. The second-order valence-electron chi connectivity index (χ2n) is 3.31. The molecule has 0 aliphatic rings. The van der Waals surface area contributed by atoms with E-state index in [0.717, 1.165) is 0 Å². The van der Waals surface area contributed by atoms with E-state index in [1.54, 1.807) is 0 Å². The van der Waals surface area contributed by atoms with E-state index in [9.17, 15) is 0 Å². The van der Waals surface area contributed by atoms with Crippen molar-refractivity contribution in [1.82, 2.24) is 4.81 Å². The zero-order chi connectivity index (χ0) is 12.9. The predicted molar refractivity (Wildman–Crippen MR) is 75.2 cm³/mol. The van der Waals surface area contributed by atoms with Gasteiger partial charge in [-0.05, 0) is 0 Å². The molecule has 0 N–H and O–H groups in total. The Balaban J connectivity index is 0.000000229. The van der Waals surface area contributed by atoms with Crippen molar-refractivity contribution in [3.05, 3.63) is 60.7 Å². The van der Waals surface area contributed by atoms with E-state index < -0.39 is 18.6 Å². The van der Waals surface area contributed by atoms with Crippen LogP contribution in [0.5, 0.6) is 0 Å². The molecule has 0 fully saturated rings. The minimum atomic E-state index is -1.94. The zero-order valence-corrected chi connectivity index (χ0v) is 14.0. The van der Waals surface area contributed by atoms with E-state index in [4.69, 9.17) is 17.0 Å². The molecule has 92 valence electrons. The van der Waals surface area contributed by atoms with Gasteiger partial charge in [-0.1, -0.05) is 0 Å². The first-order chi connectivity index (χ1) is 8.13. The summed E-state index contributed by atoms with van der Waals surface area (Å²) in [4.78, 5) is 1.90. The molecule has 1 nitrogen and oxygen atoms in total. The number of hydrogen-bond acceptors (Lipinski definition) is 1.